The Bertz CT molecular complexity index is 682. The van der Waals surface area contributed by atoms with Gasteiger partial charge in [-0.2, -0.15) is 0 Å². The molecule has 0 spiro atoms. The van der Waals surface area contributed by atoms with E-state index >= 15 is 0 Å². The Labute approximate surface area is 115 Å². The molecule has 1 fully saturated rings. The maximum atomic E-state index is 10.2. The number of aromatic nitrogens is 4. The van der Waals surface area contributed by atoms with Gasteiger partial charge in [0.05, 0.1) is 25.1 Å². The van der Waals surface area contributed by atoms with Crippen molar-refractivity contribution in [3.63, 3.8) is 0 Å². The number of aliphatic hydroxyl groups is 2. The summed E-state index contributed by atoms with van der Waals surface area (Å²) in [6.45, 7) is 5.71. The Morgan fingerprint density at radius 2 is 2.25 bits per heavy atom. The minimum atomic E-state index is -0.708. The largest absolute Gasteiger partial charge is 0.395 e. The molecule has 2 heterocycles. The monoisotopic (exact) mass is 275 g/mol. The van der Waals surface area contributed by atoms with Gasteiger partial charge in [0.15, 0.2) is 11.5 Å². The fourth-order valence-corrected chi connectivity index (χ4v) is 2.79. The first kappa shape index (κ1) is 13.0. The lowest BCUT2D eigenvalue weighted by molar-refractivity contribution is 0.0393. The van der Waals surface area contributed by atoms with E-state index in [2.05, 4.69) is 21.5 Å². The number of fused-ring (bicyclic) bond motifs is 1. The summed E-state index contributed by atoms with van der Waals surface area (Å²) in [5.74, 6) is 0.322. The Hall–Kier alpha value is -1.99. The summed E-state index contributed by atoms with van der Waals surface area (Å²) in [7, 11) is 0. The average molecular weight is 275 g/mol. The summed E-state index contributed by atoms with van der Waals surface area (Å²) in [4.78, 5) is 12.3. The summed E-state index contributed by atoms with van der Waals surface area (Å²) in [6.07, 6.45) is 2.82. The highest BCUT2D eigenvalue weighted by molar-refractivity contribution is 5.81. The van der Waals surface area contributed by atoms with Crippen LogP contribution in [0.15, 0.2) is 24.8 Å². The number of imidazole rings is 1. The highest BCUT2D eigenvalue weighted by atomic mass is 16.3. The molecule has 3 atom stereocenters. The van der Waals surface area contributed by atoms with E-state index in [1.165, 1.54) is 6.33 Å². The SMILES string of the molecule is C=C1[C@@H](n2cnc3c(N)ncnc32)C[C@H](O)[C@@]1(C)CO. The van der Waals surface area contributed by atoms with E-state index in [9.17, 15) is 10.2 Å². The van der Waals surface area contributed by atoms with Crippen LogP contribution in [-0.2, 0) is 0 Å². The van der Waals surface area contributed by atoms with Crippen LogP contribution < -0.4 is 5.73 Å². The lowest BCUT2D eigenvalue weighted by atomic mass is 9.84. The first-order chi connectivity index (χ1) is 9.49. The van der Waals surface area contributed by atoms with Gasteiger partial charge in [0, 0.05) is 5.41 Å². The molecule has 4 N–H and O–H groups in total. The van der Waals surface area contributed by atoms with Gasteiger partial charge >= 0.3 is 0 Å². The second kappa shape index (κ2) is 4.26. The molecule has 2 aromatic heterocycles. The van der Waals surface area contributed by atoms with Crippen LogP contribution in [0.1, 0.15) is 19.4 Å². The number of nitrogen functional groups attached to an aromatic ring is 1. The molecule has 0 aliphatic heterocycles. The summed E-state index contributed by atoms with van der Waals surface area (Å²) in [6, 6.07) is -0.165. The van der Waals surface area contributed by atoms with E-state index in [-0.39, 0.29) is 12.6 Å². The Kier molecular flexibility index (Phi) is 2.77. The molecule has 106 valence electrons. The average Bonchev–Trinajstić information content (AvgIpc) is 2.95. The lowest BCUT2D eigenvalue weighted by Gasteiger charge is -2.27. The van der Waals surface area contributed by atoms with E-state index in [1.54, 1.807) is 6.33 Å². The summed E-state index contributed by atoms with van der Waals surface area (Å²) in [5, 5.41) is 19.7. The third kappa shape index (κ3) is 1.56. The molecule has 0 radical (unpaired) electrons. The number of aliphatic hydroxyl groups excluding tert-OH is 2. The van der Waals surface area contributed by atoms with Gasteiger partial charge in [-0.05, 0) is 12.0 Å². The molecule has 1 aliphatic carbocycles. The molecule has 7 heteroatoms. The van der Waals surface area contributed by atoms with Gasteiger partial charge < -0.3 is 20.5 Å². The molecule has 0 aromatic carbocycles. The number of nitrogens with two attached hydrogens (primary N) is 1. The van der Waals surface area contributed by atoms with Crippen molar-refractivity contribution in [2.24, 2.45) is 5.41 Å². The van der Waals surface area contributed by atoms with Crippen molar-refractivity contribution in [1.82, 2.24) is 19.5 Å². The Morgan fingerprint density at radius 3 is 2.90 bits per heavy atom. The van der Waals surface area contributed by atoms with Crippen LogP contribution in [0.4, 0.5) is 5.82 Å². The van der Waals surface area contributed by atoms with E-state index in [0.717, 1.165) is 5.57 Å². The van der Waals surface area contributed by atoms with Crippen molar-refractivity contribution >= 4 is 17.0 Å². The summed E-state index contributed by atoms with van der Waals surface area (Å²) >= 11 is 0. The van der Waals surface area contributed by atoms with Crippen LogP contribution in [-0.4, -0.2) is 42.4 Å². The predicted molar refractivity (Wildman–Crippen MR) is 73.7 cm³/mol. The molecule has 0 amide bonds. The van der Waals surface area contributed by atoms with Crippen LogP contribution in [0.25, 0.3) is 11.2 Å². The Morgan fingerprint density at radius 1 is 1.50 bits per heavy atom. The third-order valence-electron chi connectivity index (χ3n) is 4.37. The minimum absolute atomic E-state index is 0.146. The van der Waals surface area contributed by atoms with Crippen LogP contribution in [0, 0.1) is 5.41 Å². The molecule has 2 aromatic rings. The topological polar surface area (TPSA) is 110 Å². The van der Waals surface area contributed by atoms with Crippen LogP contribution in [0.5, 0.6) is 0 Å². The molecule has 7 nitrogen and oxygen atoms in total. The highest BCUT2D eigenvalue weighted by Gasteiger charge is 2.47. The van der Waals surface area contributed by atoms with Gasteiger partial charge in [0.1, 0.15) is 11.8 Å². The standard InChI is InChI=1S/C13H17N5O2/c1-7-8(3-9(20)13(7,2)4-19)18-6-17-10-11(14)15-5-16-12(10)18/h5-6,8-9,19-20H,1,3-4H2,2H3,(H2,14,15,16)/t8-,9-,13-/m0/s1. The number of nitrogens with zero attached hydrogens (tertiary/aromatic N) is 4. The fraction of sp³-hybridized carbons (Fsp3) is 0.462. The van der Waals surface area contributed by atoms with Gasteiger partial charge in [-0.3, -0.25) is 0 Å². The summed E-state index contributed by atoms with van der Waals surface area (Å²) < 4.78 is 1.83. The van der Waals surface area contributed by atoms with E-state index in [1.807, 2.05) is 11.5 Å². The van der Waals surface area contributed by atoms with E-state index < -0.39 is 11.5 Å². The molecule has 1 saturated carbocycles. The van der Waals surface area contributed by atoms with Crippen molar-refractivity contribution in [3.8, 4) is 0 Å². The zero-order chi connectivity index (χ0) is 14.5. The first-order valence-electron chi connectivity index (χ1n) is 6.40. The van der Waals surface area contributed by atoms with Crippen LogP contribution in [0.3, 0.4) is 0 Å². The first-order valence-corrected chi connectivity index (χ1v) is 6.40. The van der Waals surface area contributed by atoms with Crippen molar-refractivity contribution < 1.29 is 10.2 Å². The second-order valence-electron chi connectivity index (χ2n) is 5.45. The zero-order valence-corrected chi connectivity index (χ0v) is 11.2. The van der Waals surface area contributed by atoms with Gasteiger partial charge in [0.2, 0.25) is 0 Å². The van der Waals surface area contributed by atoms with E-state index in [0.29, 0.717) is 23.4 Å². The van der Waals surface area contributed by atoms with Gasteiger partial charge in [-0.15, -0.1) is 0 Å². The second-order valence-corrected chi connectivity index (χ2v) is 5.45. The number of rotatable bonds is 2. The van der Waals surface area contributed by atoms with E-state index in [4.69, 9.17) is 5.73 Å². The van der Waals surface area contributed by atoms with Crippen molar-refractivity contribution in [1.29, 1.82) is 0 Å². The number of hydrogen-bond acceptors (Lipinski definition) is 6. The molecular formula is C13H17N5O2. The van der Waals surface area contributed by atoms with Crippen molar-refractivity contribution in [2.45, 2.75) is 25.5 Å². The maximum Gasteiger partial charge on any atom is 0.165 e. The van der Waals surface area contributed by atoms with Crippen molar-refractivity contribution in [3.05, 3.63) is 24.8 Å². The molecule has 20 heavy (non-hydrogen) atoms. The predicted octanol–water partition coefficient (Wildman–Crippen LogP) is 0.269. The molecule has 0 saturated heterocycles. The minimum Gasteiger partial charge on any atom is -0.395 e. The lowest BCUT2D eigenvalue weighted by Crippen LogP contribution is -2.31. The normalized spacial score (nSPS) is 30.2. The Balaban J connectivity index is 2.09. The van der Waals surface area contributed by atoms with Gasteiger partial charge in [0.25, 0.3) is 0 Å². The molecule has 0 unspecified atom stereocenters. The smallest absolute Gasteiger partial charge is 0.165 e. The third-order valence-corrected chi connectivity index (χ3v) is 4.37. The van der Waals surface area contributed by atoms with Crippen LogP contribution in [0.2, 0.25) is 0 Å². The number of anilines is 1. The quantitative estimate of drug-likeness (QED) is 0.678. The molecule has 1 aliphatic rings. The van der Waals surface area contributed by atoms with Gasteiger partial charge in [-0.25, -0.2) is 15.0 Å². The fourth-order valence-electron chi connectivity index (χ4n) is 2.79. The highest BCUT2D eigenvalue weighted by Crippen LogP contribution is 2.48. The molecule has 0 bridgehead atoms. The maximum absolute atomic E-state index is 10.2. The van der Waals surface area contributed by atoms with Crippen LogP contribution >= 0.6 is 0 Å². The summed E-state index contributed by atoms with van der Waals surface area (Å²) in [5.41, 5.74) is 6.97. The van der Waals surface area contributed by atoms with Gasteiger partial charge in [-0.1, -0.05) is 13.5 Å². The van der Waals surface area contributed by atoms with Crippen molar-refractivity contribution in [2.75, 3.05) is 12.3 Å². The number of hydrogen-bond donors (Lipinski definition) is 3. The molecule has 3 rings (SSSR count). The molecular weight excluding hydrogens is 258 g/mol. The zero-order valence-electron chi connectivity index (χ0n) is 11.2.